The van der Waals surface area contributed by atoms with Crippen LogP contribution < -0.4 is 10.8 Å². The van der Waals surface area contributed by atoms with E-state index in [0.717, 1.165) is 25.1 Å². The molecule has 0 aliphatic carbocycles. The van der Waals surface area contributed by atoms with E-state index < -0.39 is 5.91 Å². The average molecular weight is 361 g/mol. The molecule has 0 fully saturated rings. The maximum atomic E-state index is 11.2. The van der Waals surface area contributed by atoms with Crippen LogP contribution in [-0.4, -0.2) is 17.7 Å². The number of allylic oxidation sites excluding steroid dienone is 2. The van der Waals surface area contributed by atoms with Crippen molar-refractivity contribution in [1.29, 1.82) is 0 Å². The number of nitrogens with one attached hydrogen (secondary N) is 2. The number of amides is 1. The fourth-order valence-electron chi connectivity index (χ4n) is 2.89. The minimum absolute atomic E-state index is 0.446. The van der Waals surface area contributed by atoms with Gasteiger partial charge in [0.2, 0.25) is 0 Å². The van der Waals surface area contributed by atoms with Crippen LogP contribution in [0.15, 0.2) is 36.4 Å². The standard InChI is InChI=1S/C22H36N2O2/c1-2-3-4-5-6-7-8-9-10-11-12-13-14-19-23-21-17-15-20(16-18-21)22(25)24-26/h11-12,15-18,23,26H,2-10,13-14,19H2,1H3,(H,24,25). The van der Waals surface area contributed by atoms with Crippen molar-refractivity contribution in [1.82, 2.24) is 5.48 Å². The molecular formula is C22H36N2O2. The molecule has 0 saturated carbocycles. The van der Waals surface area contributed by atoms with Crippen LogP contribution in [0, 0.1) is 0 Å². The molecule has 0 aliphatic heterocycles. The molecule has 0 atom stereocenters. The monoisotopic (exact) mass is 360 g/mol. The van der Waals surface area contributed by atoms with Crippen LogP contribution in [0.1, 0.15) is 87.9 Å². The number of rotatable bonds is 15. The fourth-order valence-corrected chi connectivity index (χ4v) is 2.89. The first-order valence-corrected chi connectivity index (χ1v) is 10.2. The molecule has 4 nitrogen and oxygen atoms in total. The summed E-state index contributed by atoms with van der Waals surface area (Å²) in [5.74, 6) is -0.488. The summed E-state index contributed by atoms with van der Waals surface area (Å²) in [6.07, 6.45) is 19.0. The van der Waals surface area contributed by atoms with Gasteiger partial charge in [0.05, 0.1) is 0 Å². The fraction of sp³-hybridized carbons (Fsp3) is 0.591. The Kier molecular flexibility index (Phi) is 13.2. The number of carbonyl (C=O) groups excluding carboxylic acids is 1. The molecular weight excluding hydrogens is 324 g/mol. The Bertz CT molecular complexity index is 497. The largest absolute Gasteiger partial charge is 0.385 e. The van der Waals surface area contributed by atoms with Crippen molar-refractivity contribution in [3.63, 3.8) is 0 Å². The molecule has 0 saturated heterocycles. The molecule has 146 valence electrons. The second kappa shape index (κ2) is 15.4. The lowest BCUT2D eigenvalue weighted by Gasteiger charge is -2.06. The Morgan fingerprint density at radius 3 is 2.08 bits per heavy atom. The number of benzene rings is 1. The lowest BCUT2D eigenvalue weighted by atomic mass is 10.1. The quantitative estimate of drug-likeness (QED) is 0.154. The van der Waals surface area contributed by atoms with Crippen molar-refractivity contribution in [2.24, 2.45) is 0 Å². The molecule has 4 heteroatoms. The van der Waals surface area contributed by atoms with Crippen molar-refractivity contribution in [3.8, 4) is 0 Å². The maximum absolute atomic E-state index is 11.2. The first-order chi connectivity index (χ1) is 12.8. The topological polar surface area (TPSA) is 61.4 Å². The molecule has 0 radical (unpaired) electrons. The molecule has 1 aromatic carbocycles. The SMILES string of the molecule is CCCCCCCCCCC=CCCCNc1ccc(C(=O)NO)cc1. The molecule has 3 N–H and O–H groups in total. The molecule has 0 bridgehead atoms. The summed E-state index contributed by atoms with van der Waals surface area (Å²) < 4.78 is 0. The van der Waals surface area contributed by atoms with Crippen LogP contribution in [0.4, 0.5) is 5.69 Å². The van der Waals surface area contributed by atoms with Crippen molar-refractivity contribution in [2.75, 3.05) is 11.9 Å². The van der Waals surface area contributed by atoms with Gasteiger partial charge in [-0.15, -0.1) is 0 Å². The zero-order valence-corrected chi connectivity index (χ0v) is 16.3. The summed E-state index contributed by atoms with van der Waals surface area (Å²) in [5.41, 5.74) is 3.07. The first kappa shape index (κ1) is 22.2. The summed E-state index contributed by atoms with van der Waals surface area (Å²) in [6.45, 7) is 3.17. The molecule has 26 heavy (non-hydrogen) atoms. The van der Waals surface area contributed by atoms with Crippen LogP contribution in [0.25, 0.3) is 0 Å². The van der Waals surface area contributed by atoms with Gasteiger partial charge in [-0.05, 0) is 49.9 Å². The van der Waals surface area contributed by atoms with Gasteiger partial charge in [-0.25, -0.2) is 5.48 Å². The summed E-state index contributed by atoms with van der Waals surface area (Å²) in [7, 11) is 0. The molecule has 0 aromatic heterocycles. The third-order valence-corrected chi connectivity index (χ3v) is 4.52. The van der Waals surface area contributed by atoms with Crippen molar-refractivity contribution in [3.05, 3.63) is 42.0 Å². The summed E-state index contributed by atoms with van der Waals surface area (Å²) in [6, 6.07) is 7.08. The van der Waals surface area contributed by atoms with Crippen molar-refractivity contribution in [2.45, 2.75) is 77.6 Å². The van der Waals surface area contributed by atoms with Gasteiger partial charge in [-0.2, -0.15) is 0 Å². The third kappa shape index (κ3) is 10.9. The molecule has 0 spiro atoms. The molecule has 1 amide bonds. The number of unbranched alkanes of at least 4 members (excludes halogenated alkanes) is 9. The Balaban J connectivity index is 1.95. The highest BCUT2D eigenvalue weighted by Gasteiger charge is 2.02. The number of carbonyl (C=O) groups is 1. The molecule has 1 aromatic rings. The van der Waals surface area contributed by atoms with Gasteiger partial charge in [0.1, 0.15) is 0 Å². The normalized spacial score (nSPS) is 11.0. The molecule has 0 unspecified atom stereocenters. The average Bonchev–Trinajstić information content (AvgIpc) is 2.68. The van der Waals surface area contributed by atoms with Gasteiger partial charge < -0.3 is 5.32 Å². The van der Waals surface area contributed by atoms with E-state index in [1.165, 1.54) is 57.8 Å². The Hall–Kier alpha value is -1.81. The van der Waals surface area contributed by atoms with Crippen LogP contribution in [0.5, 0.6) is 0 Å². The molecule has 1 rings (SSSR count). The summed E-state index contributed by atoms with van der Waals surface area (Å²) in [5, 5.41) is 11.9. The van der Waals surface area contributed by atoms with E-state index in [-0.39, 0.29) is 0 Å². The van der Waals surface area contributed by atoms with Gasteiger partial charge in [0.15, 0.2) is 0 Å². The predicted molar refractivity (Wildman–Crippen MR) is 110 cm³/mol. The summed E-state index contributed by atoms with van der Waals surface area (Å²) in [4.78, 5) is 11.2. The van der Waals surface area contributed by atoms with E-state index in [1.54, 1.807) is 17.6 Å². The highest BCUT2D eigenvalue weighted by atomic mass is 16.5. The van der Waals surface area contributed by atoms with Gasteiger partial charge >= 0.3 is 0 Å². The maximum Gasteiger partial charge on any atom is 0.274 e. The second-order valence-electron chi connectivity index (χ2n) is 6.82. The van der Waals surface area contributed by atoms with E-state index in [1.807, 2.05) is 12.1 Å². The lowest BCUT2D eigenvalue weighted by Crippen LogP contribution is -2.18. The zero-order valence-electron chi connectivity index (χ0n) is 16.3. The number of hydroxylamine groups is 1. The third-order valence-electron chi connectivity index (χ3n) is 4.52. The lowest BCUT2D eigenvalue weighted by molar-refractivity contribution is 0.0706. The van der Waals surface area contributed by atoms with Gasteiger partial charge in [0, 0.05) is 17.8 Å². The second-order valence-corrected chi connectivity index (χ2v) is 6.82. The van der Waals surface area contributed by atoms with Gasteiger partial charge in [-0.3, -0.25) is 10.0 Å². The van der Waals surface area contributed by atoms with Crippen molar-refractivity contribution < 1.29 is 10.0 Å². The zero-order chi connectivity index (χ0) is 18.9. The van der Waals surface area contributed by atoms with Crippen LogP contribution in [0.3, 0.4) is 0 Å². The highest BCUT2D eigenvalue weighted by Crippen LogP contribution is 2.11. The van der Waals surface area contributed by atoms with Crippen LogP contribution in [-0.2, 0) is 0 Å². The highest BCUT2D eigenvalue weighted by molar-refractivity contribution is 5.93. The minimum Gasteiger partial charge on any atom is -0.385 e. The Morgan fingerprint density at radius 1 is 0.885 bits per heavy atom. The smallest absolute Gasteiger partial charge is 0.274 e. The molecule has 0 aliphatic rings. The Labute approximate surface area is 159 Å². The first-order valence-electron chi connectivity index (χ1n) is 10.2. The number of hydrogen-bond donors (Lipinski definition) is 3. The minimum atomic E-state index is -0.488. The van der Waals surface area contributed by atoms with E-state index >= 15 is 0 Å². The van der Waals surface area contributed by atoms with Crippen molar-refractivity contribution >= 4 is 11.6 Å². The number of anilines is 1. The van der Waals surface area contributed by atoms with E-state index in [2.05, 4.69) is 24.4 Å². The van der Waals surface area contributed by atoms with Crippen LogP contribution in [0.2, 0.25) is 0 Å². The summed E-state index contributed by atoms with van der Waals surface area (Å²) >= 11 is 0. The van der Waals surface area contributed by atoms with Gasteiger partial charge in [-0.1, -0.05) is 64.0 Å². The van der Waals surface area contributed by atoms with Gasteiger partial charge in [0.25, 0.3) is 5.91 Å². The number of hydrogen-bond acceptors (Lipinski definition) is 3. The van der Waals surface area contributed by atoms with E-state index in [4.69, 9.17) is 5.21 Å². The molecule has 0 heterocycles. The van der Waals surface area contributed by atoms with Crippen LogP contribution >= 0.6 is 0 Å². The Morgan fingerprint density at radius 2 is 1.46 bits per heavy atom. The predicted octanol–water partition coefficient (Wildman–Crippen LogP) is 6.08. The van der Waals surface area contributed by atoms with E-state index in [9.17, 15) is 4.79 Å². The van der Waals surface area contributed by atoms with E-state index in [0.29, 0.717) is 5.56 Å².